The van der Waals surface area contributed by atoms with Crippen LogP contribution in [0.15, 0.2) is 64.2 Å². The minimum absolute atomic E-state index is 0.122. The number of H-pyrrole nitrogens is 1. The molecule has 2 heterocycles. The second kappa shape index (κ2) is 7.73. The summed E-state index contributed by atoms with van der Waals surface area (Å²) in [6.07, 6.45) is -5.95. The molecule has 0 saturated carbocycles. The molecule has 2 amide bonds. The van der Waals surface area contributed by atoms with Gasteiger partial charge in [0.25, 0.3) is 11.5 Å². The van der Waals surface area contributed by atoms with Gasteiger partial charge in [-0.25, -0.2) is 13.8 Å². The van der Waals surface area contributed by atoms with E-state index in [-0.39, 0.29) is 5.69 Å². The Kier molecular flexibility index (Phi) is 5.15. The highest BCUT2D eigenvalue weighted by molar-refractivity contribution is 6.08. The number of aromatic amines is 1. The fourth-order valence-electron chi connectivity index (χ4n) is 3.65. The zero-order valence-corrected chi connectivity index (χ0v) is 16.5. The molecule has 0 aliphatic carbocycles. The van der Waals surface area contributed by atoms with E-state index in [4.69, 9.17) is 0 Å². The minimum Gasteiger partial charge on any atom is -0.330 e. The Morgan fingerprint density at radius 1 is 1.00 bits per heavy atom. The van der Waals surface area contributed by atoms with E-state index < -0.39 is 58.4 Å². The first-order valence-electron chi connectivity index (χ1n) is 9.43. The Labute approximate surface area is 181 Å². The maximum absolute atomic E-state index is 14.3. The number of fused-ring (bicyclic) bond motifs is 1. The Hall–Kier alpha value is -4.22. The number of rotatable bonds is 4. The van der Waals surface area contributed by atoms with Gasteiger partial charge in [0, 0.05) is 0 Å². The number of benzene rings is 2. The lowest BCUT2D eigenvalue weighted by Gasteiger charge is -2.30. The van der Waals surface area contributed by atoms with Crippen molar-refractivity contribution < 1.29 is 27.2 Å². The zero-order chi connectivity index (χ0) is 24.0. The van der Waals surface area contributed by atoms with Gasteiger partial charge in [0.15, 0.2) is 0 Å². The summed E-state index contributed by atoms with van der Waals surface area (Å²) in [6.45, 7) is 0. The summed E-state index contributed by atoms with van der Waals surface area (Å²) in [5.74, 6) is -4.41. The van der Waals surface area contributed by atoms with Crippen LogP contribution in [0, 0.1) is 5.82 Å². The Bertz CT molecular complexity index is 1360. The number of alkyl halides is 3. The van der Waals surface area contributed by atoms with Crippen LogP contribution < -0.4 is 21.9 Å². The van der Waals surface area contributed by atoms with Crippen molar-refractivity contribution in [3.05, 3.63) is 92.4 Å². The molecule has 2 aromatic carbocycles. The lowest BCUT2D eigenvalue weighted by atomic mass is 9.91. The number of nitrogens with zero attached hydrogens (tertiary/aromatic N) is 1. The van der Waals surface area contributed by atoms with Gasteiger partial charge in [0.1, 0.15) is 17.2 Å². The quantitative estimate of drug-likeness (QED) is 0.513. The number of aromatic nitrogens is 2. The number of anilines is 1. The van der Waals surface area contributed by atoms with Crippen LogP contribution in [0.1, 0.15) is 11.1 Å². The monoisotopic (exact) mass is 462 g/mol. The van der Waals surface area contributed by atoms with Crippen LogP contribution in [0.3, 0.4) is 0 Å². The molecular weight excluding hydrogens is 448 g/mol. The Balaban J connectivity index is 1.90. The van der Waals surface area contributed by atoms with Crippen molar-refractivity contribution >= 4 is 17.6 Å². The molecule has 1 aliphatic heterocycles. The number of nitrogens with one attached hydrogen (secondary N) is 3. The molecule has 1 aromatic heterocycles. The van der Waals surface area contributed by atoms with E-state index >= 15 is 0 Å². The molecule has 0 saturated heterocycles. The first kappa shape index (κ1) is 22.0. The van der Waals surface area contributed by atoms with Crippen LogP contribution in [0.5, 0.6) is 0 Å². The number of hydrogen-bond donors (Lipinski definition) is 3. The van der Waals surface area contributed by atoms with Crippen LogP contribution in [0.2, 0.25) is 0 Å². The summed E-state index contributed by atoms with van der Waals surface area (Å²) in [5.41, 5.74) is -7.38. The summed E-state index contributed by atoms with van der Waals surface area (Å²) in [5, 5.41) is 3.57. The molecule has 1 atom stereocenters. The van der Waals surface area contributed by atoms with Gasteiger partial charge >= 0.3 is 11.9 Å². The predicted molar refractivity (Wildman–Crippen MR) is 107 cm³/mol. The maximum atomic E-state index is 14.3. The van der Waals surface area contributed by atoms with Crippen LogP contribution in [0.25, 0.3) is 5.69 Å². The molecule has 0 radical (unpaired) electrons. The molecular formula is C21H14F4N4O4. The van der Waals surface area contributed by atoms with E-state index in [9.17, 15) is 36.7 Å². The molecule has 0 bridgehead atoms. The summed E-state index contributed by atoms with van der Waals surface area (Å²) < 4.78 is 56.9. The predicted octanol–water partition coefficient (Wildman–Crippen LogP) is 1.73. The average molecular weight is 462 g/mol. The standard InChI is InChI=1S/C21H14F4N4O4/c22-12-6-8-13(9-7-12)29-16-15(17(31)27-19(29)33)20(18(32)26-16,21(23,24)25)28-14(30)10-11-4-2-1-3-5-11/h1-9H,10H2,(H,26,32)(H,28,30)(H,27,31,33)/t20-/m0/s1. The number of hydrogen-bond acceptors (Lipinski definition) is 4. The Morgan fingerprint density at radius 2 is 1.64 bits per heavy atom. The molecule has 3 aromatic rings. The van der Waals surface area contributed by atoms with Crippen LogP contribution in [-0.4, -0.2) is 27.5 Å². The lowest BCUT2D eigenvalue weighted by molar-refractivity contribution is -0.200. The normalized spacial score (nSPS) is 17.4. The number of halogens is 4. The molecule has 8 nitrogen and oxygen atoms in total. The van der Waals surface area contributed by atoms with Crippen LogP contribution in [-0.2, 0) is 21.5 Å². The van der Waals surface area contributed by atoms with Gasteiger partial charge in [-0.3, -0.25) is 19.4 Å². The fraction of sp³-hybridized carbons (Fsp3) is 0.143. The zero-order valence-electron chi connectivity index (χ0n) is 16.5. The second-order valence-electron chi connectivity index (χ2n) is 7.21. The third-order valence-electron chi connectivity index (χ3n) is 5.10. The molecule has 170 valence electrons. The molecule has 0 unspecified atom stereocenters. The topological polar surface area (TPSA) is 113 Å². The highest BCUT2D eigenvalue weighted by atomic mass is 19.4. The van der Waals surface area contributed by atoms with Gasteiger partial charge in [-0.2, -0.15) is 13.2 Å². The van der Waals surface area contributed by atoms with Crippen molar-refractivity contribution in [2.45, 2.75) is 18.1 Å². The molecule has 12 heteroatoms. The van der Waals surface area contributed by atoms with E-state index in [1.54, 1.807) is 28.5 Å². The van der Waals surface area contributed by atoms with Crippen LogP contribution >= 0.6 is 0 Å². The van der Waals surface area contributed by atoms with Gasteiger partial charge < -0.3 is 10.6 Å². The Morgan fingerprint density at radius 3 is 2.24 bits per heavy atom. The first-order chi connectivity index (χ1) is 15.5. The summed E-state index contributed by atoms with van der Waals surface area (Å²) in [7, 11) is 0. The van der Waals surface area contributed by atoms with Crippen molar-refractivity contribution in [2.24, 2.45) is 0 Å². The van der Waals surface area contributed by atoms with Gasteiger partial charge in [-0.05, 0) is 29.8 Å². The maximum Gasteiger partial charge on any atom is 0.425 e. The SMILES string of the molecule is O=C(Cc1ccccc1)N[C@]1(C(F)(F)F)C(=O)Nc2c1c(=O)[nH]c(=O)n2-c1ccc(F)cc1. The van der Waals surface area contributed by atoms with E-state index in [1.165, 1.54) is 12.1 Å². The first-order valence-corrected chi connectivity index (χ1v) is 9.43. The summed E-state index contributed by atoms with van der Waals surface area (Å²) in [6, 6.07) is 11.8. The van der Waals surface area contributed by atoms with Crippen molar-refractivity contribution in [1.82, 2.24) is 14.9 Å². The second-order valence-corrected chi connectivity index (χ2v) is 7.21. The molecule has 3 N–H and O–H groups in total. The molecule has 4 rings (SSSR count). The van der Waals surface area contributed by atoms with Gasteiger partial charge in [0.05, 0.1) is 12.1 Å². The van der Waals surface area contributed by atoms with Crippen molar-refractivity contribution in [2.75, 3.05) is 5.32 Å². The molecule has 33 heavy (non-hydrogen) atoms. The average Bonchev–Trinajstić information content (AvgIpc) is 3.03. The van der Waals surface area contributed by atoms with E-state index in [1.807, 2.05) is 5.32 Å². The van der Waals surface area contributed by atoms with E-state index in [0.717, 1.165) is 24.3 Å². The highest BCUT2D eigenvalue weighted by Gasteiger charge is 2.68. The third-order valence-corrected chi connectivity index (χ3v) is 5.10. The van der Waals surface area contributed by atoms with Gasteiger partial charge in [0.2, 0.25) is 11.4 Å². The number of carbonyl (C=O) groups is 2. The molecule has 0 fully saturated rings. The largest absolute Gasteiger partial charge is 0.425 e. The number of carbonyl (C=O) groups excluding carboxylic acids is 2. The molecule has 0 spiro atoms. The smallest absolute Gasteiger partial charge is 0.330 e. The van der Waals surface area contributed by atoms with Gasteiger partial charge in [-0.15, -0.1) is 0 Å². The van der Waals surface area contributed by atoms with Gasteiger partial charge in [-0.1, -0.05) is 30.3 Å². The molecule has 1 aliphatic rings. The van der Waals surface area contributed by atoms with Crippen molar-refractivity contribution in [1.29, 1.82) is 0 Å². The van der Waals surface area contributed by atoms with E-state index in [2.05, 4.69) is 0 Å². The highest BCUT2D eigenvalue weighted by Crippen LogP contribution is 2.45. The van der Waals surface area contributed by atoms with Crippen LogP contribution in [0.4, 0.5) is 23.4 Å². The van der Waals surface area contributed by atoms with Crippen molar-refractivity contribution in [3.63, 3.8) is 0 Å². The number of amides is 2. The van der Waals surface area contributed by atoms with Crippen molar-refractivity contribution in [3.8, 4) is 5.69 Å². The lowest BCUT2D eigenvalue weighted by Crippen LogP contribution is -2.62. The summed E-state index contributed by atoms with van der Waals surface area (Å²) >= 11 is 0. The minimum atomic E-state index is -5.45. The summed E-state index contributed by atoms with van der Waals surface area (Å²) in [4.78, 5) is 51.9. The third kappa shape index (κ3) is 3.58. The van der Waals surface area contributed by atoms with E-state index in [0.29, 0.717) is 10.1 Å². The fourth-order valence-corrected chi connectivity index (χ4v) is 3.65.